The minimum absolute atomic E-state index is 0.0728. The van der Waals surface area contributed by atoms with Crippen LogP contribution in [0.4, 0.5) is 0 Å². The molecule has 0 saturated carbocycles. The fourth-order valence-corrected chi connectivity index (χ4v) is 2.83. The van der Waals surface area contributed by atoms with E-state index in [1.807, 2.05) is 64.5 Å². The molecule has 2 aromatic heterocycles. The lowest BCUT2D eigenvalue weighted by molar-refractivity contribution is 1.21. The summed E-state index contributed by atoms with van der Waals surface area (Å²) in [5, 5.41) is 19.5. The molecule has 104 valence electrons. The van der Waals surface area contributed by atoms with Gasteiger partial charge in [0.1, 0.15) is 17.7 Å². The third-order valence-electron chi connectivity index (χ3n) is 3.10. The van der Waals surface area contributed by atoms with Crippen LogP contribution < -0.4 is 0 Å². The van der Waals surface area contributed by atoms with Gasteiger partial charge in [-0.25, -0.2) is 4.98 Å². The molecule has 0 aliphatic heterocycles. The number of rotatable bonds is 3. The summed E-state index contributed by atoms with van der Waals surface area (Å²) in [6.07, 6.45) is 7.03. The number of hydrogen-bond donors (Lipinski definition) is 0. The Kier molecular flexibility index (Phi) is 3.82. The predicted molar refractivity (Wildman–Crippen MR) is 86.8 cm³/mol. The van der Waals surface area contributed by atoms with Gasteiger partial charge in [0.05, 0.1) is 11.4 Å². The number of imidazole rings is 1. The van der Waals surface area contributed by atoms with E-state index < -0.39 is 0 Å². The summed E-state index contributed by atoms with van der Waals surface area (Å²) in [5.74, 6) is 0. The van der Waals surface area contributed by atoms with Crippen LogP contribution in [0.5, 0.6) is 0 Å². The van der Waals surface area contributed by atoms with E-state index in [0.717, 1.165) is 21.9 Å². The highest BCUT2D eigenvalue weighted by Gasteiger charge is 2.12. The molecule has 0 atom stereocenters. The number of hydrogen-bond acceptors (Lipinski definition) is 4. The normalized spacial score (nSPS) is 10.5. The fraction of sp³-hybridized carbons (Fsp3) is 0. The molecule has 0 N–H and O–H groups in total. The first-order valence-electron chi connectivity index (χ1n) is 6.53. The first-order valence-corrected chi connectivity index (χ1v) is 7.41. The van der Waals surface area contributed by atoms with Crippen LogP contribution >= 0.6 is 11.3 Å². The third kappa shape index (κ3) is 2.54. The van der Waals surface area contributed by atoms with Crippen molar-refractivity contribution in [2.45, 2.75) is 0 Å². The van der Waals surface area contributed by atoms with E-state index in [9.17, 15) is 0 Å². The fourth-order valence-electron chi connectivity index (χ4n) is 2.11. The van der Waals surface area contributed by atoms with Crippen LogP contribution in [0.25, 0.3) is 22.3 Å². The van der Waals surface area contributed by atoms with Gasteiger partial charge in [0.2, 0.25) is 0 Å². The highest BCUT2D eigenvalue weighted by atomic mass is 32.1. The Morgan fingerprint density at radius 3 is 2.68 bits per heavy atom. The van der Waals surface area contributed by atoms with Crippen molar-refractivity contribution in [2.75, 3.05) is 0 Å². The van der Waals surface area contributed by atoms with E-state index in [0.29, 0.717) is 0 Å². The molecular weight excluding hydrogens is 292 g/mol. The Morgan fingerprint density at radius 2 is 1.95 bits per heavy atom. The molecule has 0 saturated heterocycles. The maximum atomic E-state index is 8.76. The van der Waals surface area contributed by atoms with Crippen molar-refractivity contribution in [1.82, 2.24) is 9.38 Å². The van der Waals surface area contributed by atoms with E-state index in [2.05, 4.69) is 4.98 Å². The van der Waals surface area contributed by atoms with Crippen molar-refractivity contribution >= 4 is 22.4 Å². The maximum absolute atomic E-state index is 8.76. The van der Waals surface area contributed by atoms with Gasteiger partial charge in [0.25, 0.3) is 0 Å². The summed E-state index contributed by atoms with van der Waals surface area (Å²) < 4.78 is 2.00. The summed E-state index contributed by atoms with van der Waals surface area (Å²) in [7, 11) is 0. The summed E-state index contributed by atoms with van der Waals surface area (Å²) in [5.41, 5.74) is 2.91. The molecular formula is C17H10N4S. The van der Waals surface area contributed by atoms with Gasteiger partial charge in [0, 0.05) is 17.1 Å². The zero-order valence-corrected chi connectivity index (χ0v) is 12.3. The third-order valence-corrected chi connectivity index (χ3v) is 3.86. The monoisotopic (exact) mass is 302 g/mol. The van der Waals surface area contributed by atoms with Gasteiger partial charge in [-0.3, -0.25) is 4.40 Å². The van der Waals surface area contributed by atoms with Gasteiger partial charge in [0.15, 0.2) is 4.96 Å². The first-order chi connectivity index (χ1) is 10.8. The standard InChI is InChI=1S/C17H10N4S/c18-11-13(12-19)5-4-8-15-16(14-6-2-1-3-7-14)20-17-21(15)9-10-22-17/h1-10H. The molecule has 22 heavy (non-hydrogen) atoms. The van der Waals surface area contributed by atoms with E-state index in [1.165, 1.54) is 6.08 Å². The number of nitriles is 2. The second-order valence-electron chi connectivity index (χ2n) is 4.43. The Balaban J connectivity index is 2.10. The topological polar surface area (TPSA) is 64.9 Å². The Labute approximate surface area is 131 Å². The molecule has 0 bridgehead atoms. The lowest BCUT2D eigenvalue weighted by Gasteiger charge is -1.99. The summed E-state index contributed by atoms with van der Waals surface area (Å²) in [4.78, 5) is 5.57. The Morgan fingerprint density at radius 1 is 1.18 bits per heavy atom. The number of nitrogens with zero attached hydrogens (tertiary/aromatic N) is 4. The zero-order valence-electron chi connectivity index (χ0n) is 11.5. The van der Waals surface area contributed by atoms with E-state index in [4.69, 9.17) is 10.5 Å². The van der Waals surface area contributed by atoms with Crippen molar-refractivity contribution in [3.05, 3.63) is 65.3 Å². The largest absolute Gasteiger partial charge is 0.290 e. The van der Waals surface area contributed by atoms with Crippen LogP contribution in [0, 0.1) is 22.7 Å². The average molecular weight is 302 g/mol. The molecule has 0 fully saturated rings. The van der Waals surface area contributed by atoms with Gasteiger partial charge in [-0.15, -0.1) is 11.3 Å². The minimum Gasteiger partial charge on any atom is -0.290 e. The van der Waals surface area contributed by atoms with Gasteiger partial charge in [-0.1, -0.05) is 36.4 Å². The van der Waals surface area contributed by atoms with Crippen LogP contribution in [-0.4, -0.2) is 9.38 Å². The van der Waals surface area contributed by atoms with Crippen molar-refractivity contribution < 1.29 is 0 Å². The van der Waals surface area contributed by atoms with E-state index >= 15 is 0 Å². The molecule has 3 rings (SSSR count). The van der Waals surface area contributed by atoms with Gasteiger partial charge in [-0.2, -0.15) is 10.5 Å². The maximum Gasteiger partial charge on any atom is 0.194 e. The molecule has 0 aliphatic rings. The van der Waals surface area contributed by atoms with Crippen molar-refractivity contribution in [3.63, 3.8) is 0 Å². The molecule has 5 heteroatoms. The predicted octanol–water partition coefficient (Wildman–Crippen LogP) is 4.05. The van der Waals surface area contributed by atoms with Gasteiger partial charge >= 0.3 is 0 Å². The number of fused-ring (bicyclic) bond motifs is 1. The zero-order chi connectivity index (χ0) is 15.4. The van der Waals surface area contributed by atoms with Gasteiger partial charge in [-0.05, 0) is 12.2 Å². The van der Waals surface area contributed by atoms with Crippen LogP contribution in [0.15, 0.2) is 59.6 Å². The molecule has 4 nitrogen and oxygen atoms in total. The summed E-state index contributed by atoms with van der Waals surface area (Å²) >= 11 is 1.56. The van der Waals surface area contributed by atoms with Crippen LogP contribution in [0.2, 0.25) is 0 Å². The molecule has 0 unspecified atom stereocenters. The Bertz CT molecular complexity index is 930. The van der Waals surface area contributed by atoms with E-state index in [-0.39, 0.29) is 5.57 Å². The van der Waals surface area contributed by atoms with Crippen LogP contribution in [0.1, 0.15) is 5.69 Å². The summed E-state index contributed by atoms with van der Waals surface area (Å²) in [6.45, 7) is 0. The van der Waals surface area contributed by atoms with Crippen molar-refractivity contribution in [2.24, 2.45) is 0 Å². The molecule has 3 aromatic rings. The first kappa shape index (κ1) is 13.8. The highest BCUT2D eigenvalue weighted by molar-refractivity contribution is 7.15. The van der Waals surface area contributed by atoms with Crippen molar-refractivity contribution in [1.29, 1.82) is 10.5 Å². The van der Waals surface area contributed by atoms with E-state index in [1.54, 1.807) is 17.4 Å². The highest BCUT2D eigenvalue weighted by Crippen LogP contribution is 2.27. The average Bonchev–Trinajstić information content (AvgIpc) is 3.14. The van der Waals surface area contributed by atoms with Crippen LogP contribution in [0.3, 0.4) is 0 Å². The smallest absolute Gasteiger partial charge is 0.194 e. The second-order valence-corrected chi connectivity index (χ2v) is 5.30. The number of aromatic nitrogens is 2. The number of benzene rings is 1. The summed E-state index contributed by atoms with van der Waals surface area (Å²) in [6, 6.07) is 13.6. The molecule has 0 radical (unpaired) electrons. The van der Waals surface area contributed by atoms with Crippen LogP contribution in [-0.2, 0) is 0 Å². The van der Waals surface area contributed by atoms with Crippen molar-refractivity contribution in [3.8, 4) is 23.4 Å². The second kappa shape index (κ2) is 6.09. The molecule has 0 spiro atoms. The molecule has 1 aromatic carbocycles. The SMILES string of the molecule is N#CC(C#N)=CC=Cc1c(-c2ccccc2)nc2sccn12. The Hall–Kier alpha value is -3.15. The minimum atomic E-state index is 0.0728. The molecule has 0 aliphatic carbocycles. The number of thiazole rings is 1. The van der Waals surface area contributed by atoms with Gasteiger partial charge < -0.3 is 0 Å². The lowest BCUT2D eigenvalue weighted by Crippen LogP contribution is -1.84. The lowest BCUT2D eigenvalue weighted by atomic mass is 10.1. The quantitative estimate of drug-likeness (QED) is 0.541. The molecule has 2 heterocycles. The molecule has 0 amide bonds. The number of allylic oxidation sites excluding steroid dienone is 3.